The van der Waals surface area contributed by atoms with Crippen LogP contribution in [0.2, 0.25) is 0 Å². The normalized spacial score (nSPS) is 11.7. The van der Waals surface area contributed by atoms with Crippen LogP contribution in [0, 0.1) is 11.3 Å². The Morgan fingerprint density at radius 2 is 2.00 bits per heavy atom. The lowest BCUT2D eigenvalue weighted by Crippen LogP contribution is -2.44. The molecule has 0 radical (unpaired) electrons. The summed E-state index contributed by atoms with van der Waals surface area (Å²) in [5, 5.41) is 12.2. The molecule has 4 nitrogen and oxygen atoms in total. The fraction of sp³-hybridized carbons (Fsp3) is 0.467. The van der Waals surface area contributed by atoms with Gasteiger partial charge in [-0.15, -0.1) is 0 Å². The van der Waals surface area contributed by atoms with Crippen molar-refractivity contribution in [2.24, 2.45) is 0 Å². The average Bonchev–Trinajstić information content (AvgIpc) is 2.46. The van der Waals surface area contributed by atoms with Gasteiger partial charge in [-0.2, -0.15) is 5.26 Å². The Balaban J connectivity index is 2.62. The van der Waals surface area contributed by atoms with Gasteiger partial charge in [-0.05, 0) is 32.4 Å². The summed E-state index contributed by atoms with van der Waals surface area (Å²) in [5.41, 5.74) is 1.57. The zero-order valence-corrected chi connectivity index (χ0v) is 11.8. The summed E-state index contributed by atoms with van der Waals surface area (Å²) in [6.45, 7) is 7.76. The molecule has 0 heterocycles. The third-order valence-corrected chi connectivity index (χ3v) is 3.18. The highest BCUT2D eigenvalue weighted by Crippen LogP contribution is 2.07. The summed E-state index contributed by atoms with van der Waals surface area (Å²) in [6.07, 6.45) is 0. The van der Waals surface area contributed by atoms with E-state index in [4.69, 9.17) is 5.26 Å². The molecule has 1 aromatic rings. The smallest absolute Gasteiger partial charge is 0.239 e. The second-order valence-electron chi connectivity index (χ2n) is 4.38. The van der Waals surface area contributed by atoms with Crippen molar-refractivity contribution in [3.8, 4) is 6.07 Å². The Hall–Kier alpha value is -1.86. The zero-order valence-electron chi connectivity index (χ0n) is 11.8. The maximum Gasteiger partial charge on any atom is 0.239 e. The van der Waals surface area contributed by atoms with Crippen LogP contribution in [0.1, 0.15) is 31.9 Å². The Bertz CT molecular complexity index is 461. The van der Waals surface area contributed by atoms with Gasteiger partial charge >= 0.3 is 0 Å². The van der Waals surface area contributed by atoms with Crippen LogP contribution in [0.3, 0.4) is 0 Å². The molecule has 1 unspecified atom stereocenters. The molecule has 0 saturated carbocycles. The Kier molecular flexibility index (Phi) is 6.04. The first-order chi connectivity index (χ1) is 9.13. The monoisotopic (exact) mass is 259 g/mol. The second-order valence-corrected chi connectivity index (χ2v) is 4.38. The number of benzene rings is 1. The number of nitrogens with zero attached hydrogens (tertiary/aromatic N) is 2. The molecule has 0 spiro atoms. The fourth-order valence-electron chi connectivity index (χ4n) is 1.94. The van der Waals surface area contributed by atoms with E-state index in [0.29, 0.717) is 12.1 Å². The molecule has 1 aromatic carbocycles. The number of likely N-dealkylation sites (N-methyl/N-ethyl adjacent to an activating group) is 1. The van der Waals surface area contributed by atoms with Crippen molar-refractivity contribution in [2.75, 3.05) is 13.1 Å². The number of hydrogen-bond donors (Lipinski definition) is 1. The van der Waals surface area contributed by atoms with Gasteiger partial charge in [0.2, 0.25) is 5.91 Å². The zero-order chi connectivity index (χ0) is 14.3. The summed E-state index contributed by atoms with van der Waals surface area (Å²) in [7, 11) is 0. The van der Waals surface area contributed by atoms with E-state index in [1.54, 1.807) is 11.0 Å². The molecule has 1 atom stereocenters. The summed E-state index contributed by atoms with van der Waals surface area (Å²) in [4.78, 5) is 13.9. The lowest BCUT2D eigenvalue weighted by Gasteiger charge is -2.23. The number of carbonyl (C=O) groups excluding carboxylic acids is 1. The SMILES string of the molecule is CCN(CC)C(=O)C(C)NCc1ccccc1C#N. The van der Waals surface area contributed by atoms with Crippen LogP contribution >= 0.6 is 0 Å². The number of carbonyl (C=O) groups is 1. The molecule has 1 rings (SSSR count). The van der Waals surface area contributed by atoms with Crippen LogP contribution < -0.4 is 5.32 Å². The van der Waals surface area contributed by atoms with Gasteiger partial charge in [0.15, 0.2) is 0 Å². The van der Waals surface area contributed by atoms with Crippen LogP contribution in [0.5, 0.6) is 0 Å². The average molecular weight is 259 g/mol. The molecular formula is C15H21N3O. The summed E-state index contributed by atoms with van der Waals surface area (Å²) in [6, 6.07) is 9.34. The maximum absolute atomic E-state index is 12.1. The molecular weight excluding hydrogens is 238 g/mol. The van der Waals surface area contributed by atoms with Crippen molar-refractivity contribution in [3.63, 3.8) is 0 Å². The minimum absolute atomic E-state index is 0.0967. The molecule has 0 bridgehead atoms. The van der Waals surface area contributed by atoms with Crippen molar-refractivity contribution >= 4 is 5.91 Å². The van der Waals surface area contributed by atoms with Gasteiger partial charge in [0.05, 0.1) is 17.7 Å². The van der Waals surface area contributed by atoms with E-state index in [9.17, 15) is 4.79 Å². The van der Waals surface area contributed by atoms with Crippen LogP contribution in [-0.2, 0) is 11.3 Å². The number of hydrogen-bond acceptors (Lipinski definition) is 3. The van der Waals surface area contributed by atoms with Gasteiger partial charge < -0.3 is 10.2 Å². The third kappa shape index (κ3) is 4.08. The molecule has 1 N–H and O–H groups in total. The largest absolute Gasteiger partial charge is 0.342 e. The van der Waals surface area contributed by atoms with Crippen LogP contribution in [0.4, 0.5) is 0 Å². The van der Waals surface area contributed by atoms with E-state index in [1.165, 1.54) is 0 Å². The second kappa shape index (κ2) is 7.55. The van der Waals surface area contributed by atoms with E-state index < -0.39 is 0 Å². The summed E-state index contributed by atoms with van der Waals surface area (Å²) >= 11 is 0. The standard InChI is InChI=1S/C15H21N3O/c1-4-18(5-2)15(19)12(3)17-11-14-9-7-6-8-13(14)10-16/h6-9,12,17H,4-5,11H2,1-3H3. The molecule has 0 aliphatic rings. The van der Waals surface area contributed by atoms with Crippen LogP contribution in [0.25, 0.3) is 0 Å². The molecule has 19 heavy (non-hydrogen) atoms. The van der Waals surface area contributed by atoms with Crippen molar-refractivity contribution in [2.45, 2.75) is 33.4 Å². The lowest BCUT2D eigenvalue weighted by atomic mass is 10.1. The summed E-state index contributed by atoms with van der Waals surface area (Å²) in [5.74, 6) is 0.0967. The third-order valence-electron chi connectivity index (χ3n) is 3.18. The molecule has 0 aliphatic heterocycles. The molecule has 0 aromatic heterocycles. The minimum atomic E-state index is -0.244. The highest BCUT2D eigenvalue weighted by atomic mass is 16.2. The van der Waals surface area contributed by atoms with Gasteiger partial charge in [-0.3, -0.25) is 4.79 Å². The van der Waals surface area contributed by atoms with Crippen molar-refractivity contribution in [1.29, 1.82) is 5.26 Å². The van der Waals surface area contributed by atoms with E-state index in [1.807, 2.05) is 39.0 Å². The predicted molar refractivity (Wildman–Crippen MR) is 75.4 cm³/mol. The first kappa shape index (κ1) is 15.2. The molecule has 0 saturated heterocycles. The minimum Gasteiger partial charge on any atom is -0.342 e. The molecule has 0 aliphatic carbocycles. The van der Waals surface area contributed by atoms with Gasteiger partial charge in [0.25, 0.3) is 0 Å². The molecule has 0 fully saturated rings. The molecule has 1 amide bonds. The number of amides is 1. The quantitative estimate of drug-likeness (QED) is 0.849. The van der Waals surface area contributed by atoms with Gasteiger partial charge in [-0.1, -0.05) is 18.2 Å². The van der Waals surface area contributed by atoms with E-state index in [2.05, 4.69) is 11.4 Å². The van der Waals surface area contributed by atoms with Gasteiger partial charge in [0, 0.05) is 19.6 Å². The van der Waals surface area contributed by atoms with E-state index in [-0.39, 0.29) is 11.9 Å². The number of rotatable bonds is 6. The highest BCUT2D eigenvalue weighted by molar-refractivity contribution is 5.81. The highest BCUT2D eigenvalue weighted by Gasteiger charge is 2.17. The topological polar surface area (TPSA) is 56.1 Å². The predicted octanol–water partition coefficient (Wildman–Crippen LogP) is 1.90. The van der Waals surface area contributed by atoms with Gasteiger partial charge in [0.1, 0.15) is 0 Å². The first-order valence-electron chi connectivity index (χ1n) is 6.64. The molecule has 102 valence electrons. The number of nitrogens with one attached hydrogen (secondary N) is 1. The Morgan fingerprint density at radius 1 is 1.37 bits per heavy atom. The van der Waals surface area contributed by atoms with Crippen LogP contribution in [0.15, 0.2) is 24.3 Å². The number of nitriles is 1. The Labute approximate surface area is 115 Å². The fourth-order valence-corrected chi connectivity index (χ4v) is 1.94. The first-order valence-corrected chi connectivity index (χ1v) is 6.64. The maximum atomic E-state index is 12.1. The Morgan fingerprint density at radius 3 is 2.58 bits per heavy atom. The molecule has 4 heteroatoms. The lowest BCUT2D eigenvalue weighted by molar-refractivity contribution is -0.132. The summed E-state index contributed by atoms with van der Waals surface area (Å²) < 4.78 is 0. The van der Waals surface area contributed by atoms with Crippen molar-refractivity contribution in [3.05, 3.63) is 35.4 Å². The van der Waals surface area contributed by atoms with Crippen LogP contribution in [-0.4, -0.2) is 29.9 Å². The van der Waals surface area contributed by atoms with Crippen molar-refractivity contribution in [1.82, 2.24) is 10.2 Å². The van der Waals surface area contributed by atoms with E-state index >= 15 is 0 Å². The van der Waals surface area contributed by atoms with E-state index in [0.717, 1.165) is 18.7 Å². The van der Waals surface area contributed by atoms with Crippen molar-refractivity contribution < 1.29 is 4.79 Å². The van der Waals surface area contributed by atoms with Gasteiger partial charge in [-0.25, -0.2) is 0 Å².